The highest BCUT2D eigenvalue weighted by Crippen LogP contribution is 2.21. The third kappa shape index (κ3) is 6.75. The van der Waals surface area contributed by atoms with Crippen LogP contribution in [0.25, 0.3) is 0 Å². The van der Waals surface area contributed by atoms with Gasteiger partial charge in [-0.2, -0.15) is 0 Å². The van der Waals surface area contributed by atoms with Gasteiger partial charge in [0, 0.05) is 28.7 Å². The molecule has 0 aliphatic carbocycles. The van der Waals surface area contributed by atoms with Crippen molar-refractivity contribution in [2.24, 2.45) is 0 Å². The van der Waals surface area contributed by atoms with Crippen LogP contribution in [-0.4, -0.2) is 24.3 Å². The summed E-state index contributed by atoms with van der Waals surface area (Å²) in [4.78, 5) is 11.6. The molecule has 0 aliphatic rings. The number of hydrogen-bond donors (Lipinski definition) is 2. The predicted molar refractivity (Wildman–Crippen MR) is 89.3 cm³/mol. The summed E-state index contributed by atoms with van der Waals surface area (Å²) in [7, 11) is 0. The van der Waals surface area contributed by atoms with E-state index in [1.54, 1.807) is 12.1 Å². The maximum absolute atomic E-state index is 13.8. The number of alkyl carbamates (subject to hydrolysis) is 1. The van der Waals surface area contributed by atoms with Crippen LogP contribution >= 0.6 is 15.9 Å². The zero-order valence-electron chi connectivity index (χ0n) is 13.7. The Hall–Kier alpha value is -1.14. The van der Waals surface area contributed by atoms with Crippen LogP contribution in [0.1, 0.15) is 46.2 Å². The van der Waals surface area contributed by atoms with Crippen molar-refractivity contribution < 1.29 is 13.9 Å². The van der Waals surface area contributed by atoms with Crippen LogP contribution in [0, 0.1) is 5.82 Å². The fraction of sp³-hybridized carbons (Fsp3) is 0.562. The molecule has 0 saturated carbocycles. The molecule has 2 N–H and O–H groups in total. The van der Waals surface area contributed by atoms with Crippen molar-refractivity contribution in [3.05, 3.63) is 34.1 Å². The van der Waals surface area contributed by atoms with Crippen LogP contribution in [0.15, 0.2) is 22.7 Å². The summed E-state index contributed by atoms with van der Waals surface area (Å²) in [5, 5.41) is 5.95. The molecule has 0 aliphatic heterocycles. The SMILES string of the molecule is CC(CNC(=O)OC(C)(C)C)NC(C)c1cc(Br)ccc1F. The minimum absolute atomic E-state index is 0.0269. The molecule has 124 valence electrons. The summed E-state index contributed by atoms with van der Waals surface area (Å²) in [5.41, 5.74) is 0.0616. The molecule has 1 rings (SSSR count). The molecule has 2 atom stereocenters. The number of benzene rings is 1. The van der Waals surface area contributed by atoms with Gasteiger partial charge in [0.25, 0.3) is 0 Å². The van der Waals surface area contributed by atoms with Gasteiger partial charge in [0.15, 0.2) is 0 Å². The van der Waals surface area contributed by atoms with Crippen LogP contribution in [0.5, 0.6) is 0 Å². The monoisotopic (exact) mass is 374 g/mol. The molecule has 0 bridgehead atoms. The van der Waals surface area contributed by atoms with E-state index in [2.05, 4.69) is 26.6 Å². The maximum atomic E-state index is 13.8. The number of nitrogens with one attached hydrogen (secondary N) is 2. The fourth-order valence-electron chi connectivity index (χ4n) is 1.97. The summed E-state index contributed by atoms with van der Waals surface area (Å²) >= 11 is 3.34. The predicted octanol–water partition coefficient (Wildman–Crippen LogP) is 4.15. The van der Waals surface area contributed by atoms with Crippen molar-refractivity contribution in [3.63, 3.8) is 0 Å². The van der Waals surface area contributed by atoms with Gasteiger partial charge in [0.2, 0.25) is 0 Å². The lowest BCUT2D eigenvalue weighted by molar-refractivity contribution is 0.0522. The van der Waals surface area contributed by atoms with Gasteiger partial charge in [0.1, 0.15) is 11.4 Å². The Balaban J connectivity index is 2.49. The second-order valence-corrected chi connectivity index (χ2v) is 7.25. The second kappa shape index (κ2) is 7.92. The zero-order valence-corrected chi connectivity index (χ0v) is 15.3. The summed E-state index contributed by atoms with van der Waals surface area (Å²) in [5.74, 6) is -0.254. The van der Waals surface area contributed by atoms with Crippen molar-refractivity contribution in [2.75, 3.05) is 6.54 Å². The van der Waals surface area contributed by atoms with Crippen LogP contribution in [-0.2, 0) is 4.74 Å². The molecule has 22 heavy (non-hydrogen) atoms. The van der Waals surface area contributed by atoms with E-state index in [1.165, 1.54) is 6.07 Å². The smallest absolute Gasteiger partial charge is 0.407 e. The van der Waals surface area contributed by atoms with E-state index in [4.69, 9.17) is 4.74 Å². The Morgan fingerprint density at radius 1 is 1.36 bits per heavy atom. The average molecular weight is 375 g/mol. The lowest BCUT2D eigenvalue weighted by Crippen LogP contribution is -2.42. The van der Waals surface area contributed by atoms with Gasteiger partial charge in [-0.3, -0.25) is 0 Å². The van der Waals surface area contributed by atoms with Gasteiger partial charge in [-0.1, -0.05) is 15.9 Å². The number of hydrogen-bond acceptors (Lipinski definition) is 3. The first-order valence-corrected chi connectivity index (χ1v) is 8.05. The van der Waals surface area contributed by atoms with Crippen molar-refractivity contribution in [3.8, 4) is 0 Å². The lowest BCUT2D eigenvalue weighted by Gasteiger charge is -2.23. The van der Waals surface area contributed by atoms with Gasteiger partial charge < -0.3 is 15.4 Å². The molecule has 0 saturated heterocycles. The molecule has 0 spiro atoms. The minimum Gasteiger partial charge on any atom is -0.444 e. The number of carbonyl (C=O) groups is 1. The molecule has 0 aromatic heterocycles. The Labute approximate surface area is 139 Å². The Morgan fingerprint density at radius 3 is 2.59 bits per heavy atom. The molecule has 1 amide bonds. The maximum Gasteiger partial charge on any atom is 0.407 e. The second-order valence-electron chi connectivity index (χ2n) is 6.34. The van der Waals surface area contributed by atoms with E-state index in [0.717, 1.165) is 4.47 Å². The molecule has 1 aromatic rings. The van der Waals surface area contributed by atoms with Crippen LogP contribution in [0.3, 0.4) is 0 Å². The zero-order chi connectivity index (χ0) is 16.9. The summed E-state index contributed by atoms with van der Waals surface area (Å²) in [6.07, 6.45) is -0.456. The number of carbonyl (C=O) groups excluding carboxylic acids is 1. The number of amides is 1. The van der Waals surface area contributed by atoms with Crippen LogP contribution < -0.4 is 10.6 Å². The number of ether oxygens (including phenoxy) is 1. The third-order valence-electron chi connectivity index (χ3n) is 2.91. The van der Waals surface area contributed by atoms with Gasteiger partial charge in [-0.25, -0.2) is 9.18 Å². The number of halogens is 2. The molecule has 0 radical (unpaired) electrons. The molecule has 4 nitrogen and oxygen atoms in total. The van der Waals surface area contributed by atoms with Gasteiger partial charge in [-0.15, -0.1) is 0 Å². The topological polar surface area (TPSA) is 50.4 Å². The third-order valence-corrected chi connectivity index (χ3v) is 3.40. The minimum atomic E-state index is -0.520. The molecule has 1 aromatic carbocycles. The van der Waals surface area contributed by atoms with E-state index in [0.29, 0.717) is 12.1 Å². The summed E-state index contributed by atoms with van der Waals surface area (Å²) in [6.45, 7) is 9.64. The molecule has 6 heteroatoms. The molecule has 0 fully saturated rings. The van der Waals surface area contributed by atoms with Gasteiger partial charge in [0.05, 0.1) is 0 Å². The van der Waals surface area contributed by atoms with Crippen molar-refractivity contribution in [1.82, 2.24) is 10.6 Å². The van der Waals surface area contributed by atoms with E-state index in [9.17, 15) is 9.18 Å². The molecule has 2 unspecified atom stereocenters. The van der Waals surface area contributed by atoms with Crippen molar-refractivity contribution >= 4 is 22.0 Å². The van der Waals surface area contributed by atoms with Crippen molar-refractivity contribution in [2.45, 2.75) is 52.3 Å². The standard InChI is InChI=1S/C16H24BrFN2O2/c1-10(9-19-15(21)22-16(3,4)5)20-11(2)13-8-12(17)6-7-14(13)18/h6-8,10-11,20H,9H2,1-5H3,(H,19,21). The molecular formula is C16H24BrFN2O2. The normalized spacial score (nSPS) is 14.3. The van der Waals surface area contributed by atoms with E-state index >= 15 is 0 Å². The highest BCUT2D eigenvalue weighted by Gasteiger charge is 2.18. The first-order chi connectivity index (χ1) is 10.1. The largest absolute Gasteiger partial charge is 0.444 e. The van der Waals surface area contributed by atoms with E-state index in [1.807, 2.05) is 34.6 Å². The molecule has 0 heterocycles. The molecular weight excluding hydrogens is 351 g/mol. The highest BCUT2D eigenvalue weighted by molar-refractivity contribution is 9.10. The first kappa shape index (κ1) is 18.9. The number of rotatable bonds is 5. The fourth-order valence-corrected chi connectivity index (χ4v) is 2.35. The lowest BCUT2D eigenvalue weighted by atomic mass is 10.1. The van der Waals surface area contributed by atoms with Gasteiger partial charge in [-0.05, 0) is 52.8 Å². The quantitative estimate of drug-likeness (QED) is 0.813. The first-order valence-electron chi connectivity index (χ1n) is 7.26. The summed E-state index contributed by atoms with van der Waals surface area (Å²) in [6, 6.07) is 4.65. The average Bonchev–Trinajstić information content (AvgIpc) is 2.37. The Bertz CT molecular complexity index is 517. The van der Waals surface area contributed by atoms with Gasteiger partial charge >= 0.3 is 6.09 Å². The van der Waals surface area contributed by atoms with Crippen molar-refractivity contribution in [1.29, 1.82) is 0 Å². The Kier molecular flexibility index (Phi) is 6.81. The van der Waals surface area contributed by atoms with Crippen LogP contribution in [0.2, 0.25) is 0 Å². The van der Waals surface area contributed by atoms with E-state index < -0.39 is 11.7 Å². The summed E-state index contributed by atoms with van der Waals surface area (Å²) < 4.78 is 19.8. The van der Waals surface area contributed by atoms with E-state index in [-0.39, 0.29) is 17.9 Å². The Morgan fingerprint density at radius 2 is 2.00 bits per heavy atom. The highest BCUT2D eigenvalue weighted by atomic mass is 79.9. The van der Waals surface area contributed by atoms with Crippen LogP contribution in [0.4, 0.5) is 9.18 Å².